The number of carbonyl (C=O) groups excluding carboxylic acids is 1. The average Bonchev–Trinajstić information content (AvgIpc) is 2.56. The van der Waals surface area contributed by atoms with Crippen molar-refractivity contribution < 1.29 is 28.5 Å². The first-order valence-corrected chi connectivity index (χ1v) is 8.33. The summed E-state index contributed by atoms with van der Waals surface area (Å²) in [5, 5.41) is 0. The summed E-state index contributed by atoms with van der Waals surface area (Å²) in [6.45, 7) is 11.7. The van der Waals surface area contributed by atoms with Gasteiger partial charge in [0.15, 0.2) is 6.29 Å². The zero-order chi connectivity index (χ0) is 17.7. The van der Waals surface area contributed by atoms with E-state index < -0.39 is 12.3 Å². The lowest BCUT2D eigenvalue weighted by Gasteiger charge is -2.39. The van der Waals surface area contributed by atoms with Crippen LogP contribution >= 0.6 is 0 Å². The minimum absolute atomic E-state index is 0.00110. The Bertz CT molecular complexity index is 474. The zero-order valence-electron chi connectivity index (χ0n) is 14.9. The fourth-order valence-corrected chi connectivity index (χ4v) is 2.98. The van der Waals surface area contributed by atoms with Crippen LogP contribution in [0.15, 0.2) is 24.5 Å². The van der Waals surface area contributed by atoms with Gasteiger partial charge in [0.05, 0.1) is 32.2 Å². The van der Waals surface area contributed by atoms with Crippen molar-refractivity contribution in [1.82, 2.24) is 0 Å². The van der Waals surface area contributed by atoms with Crippen LogP contribution in [-0.4, -0.2) is 45.5 Å². The van der Waals surface area contributed by atoms with E-state index in [9.17, 15) is 4.79 Å². The predicted molar refractivity (Wildman–Crippen MR) is 87.9 cm³/mol. The summed E-state index contributed by atoms with van der Waals surface area (Å²) in [5.74, 6) is -0.810. The molecule has 0 saturated carbocycles. The van der Waals surface area contributed by atoms with Crippen LogP contribution in [0.1, 0.15) is 27.2 Å². The van der Waals surface area contributed by atoms with Crippen LogP contribution < -0.4 is 0 Å². The number of carbonyl (C=O) groups is 1. The average molecular weight is 340 g/mol. The highest BCUT2D eigenvalue weighted by Crippen LogP contribution is 2.38. The number of hydrogen-bond acceptors (Lipinski definition) is 6. The maximum absolute atomic E-state index is 12.1. The molecule has 0 radical (unpaired) electrons. The van der Waals surface area contributed by atoms with Crippen molar-refractivity contribution in [3.05, 3.63) is 24.5 Å². The first-order valence-electron chi connectivity index (χ1n) is 8.33. The topological polar surface area (TPSA) is 63.2 Å². The van der Waals surface area contributed by atoms with E-state index >= 15 is 0 Å². The molecule has 2 heterocycles. The molecule has 2 aliphatic heterocycles. The maximum Gasteiger partial charge on any atom is 0.337 e. The summed E-state index contributed by atoms with van der Waals surface area (Å²) in [5.41, 5.74) is 0.453. The van der Waals surface area contributed by atoms with Gasteiger partial charge in [-0.2, -0.15) is 0 Å². The van der Waals surface area contributed by atoms with Gasteiger partial charge in [-0.05, 0) is 6.92 Å². The highest BCUT2D eigenvalue weighted by molar-refractivity contribution is 5.88. The summed E-state index contributed by atoms with van der Waals surface area (Å²) >= 11 is 0. The fraction of sp³-hybridized carbons (Fsp3) is 0.722. The zero-order valence-corrected chi connectivity index (χ0v) is 14.9. The van der Waals surface area contributed by atoms with Gasteiger partial charge in [0.25, 0.3) is 0 Å². The minimum atomic E-state index is -0.481. The van der Waals surface area contributed by atoms with Gasteiger partial charge in [-0.3, -0.25) is 0 Å². The van der Waals surface area contributed by atoms with Crippen molar-refractivity contribution in [2.24, 2.45) is 17.3 Å². The van der Waals surface area contributed by atoms with Crippen LogP contribution in [0.2, 0.25) is 0 Å². The summed E-state index contributed by atoms with van der Waals surface area (Å²) in [4.78, 5) is 12.1. The molecular weight excluding hydrogens is 312 g/mol. The first kappa shape index (κ1) is 19.0. The molecule has 0 N–H and O–H groups in total. The SMILES string of the molecule is C=C[C@H]1[C@H](OCC)OC=C(C(=O)OC)[C@H]1CC1OCC(C)(C)CO1. The van der Waals surface area contributed by atoms with Crippen molar-refractivity contribution >= 4 is 5.97 Å². The van der Waals surface area contributed by atoms with Gasteiger partial charge < -0.3 is 23.7 Å². The van der Waals surface area contributed by atoms with E-state index in [1.807, 2.05) is 6.92 Å². The first-order chi connectivity index (χ1) is 11.4. The Kier molecular flexibility index (Phi) is 6.43. The Hall–Kier alpha value is -1.37. The number of esters is 1. The van der Waals surface area contributed by atoms with Gasteiger partial charge in [0.1, 0.15) is 0 Å². The Labute approximate surface area is 143 Å². The Balaban J connectivity index is 2.16. The third kappa shape index (κ3) is 4.37. The predicted octanol–water partition coefficient (Wildman–Crippen LogP) is 2.64. The van der Waals surface area contributed by atoms with Crippen molar-refractivity contribution in [2.75, 3.05) is 26.9 Å². The van der Waals surface area contributed by atoms with Crippen molar-refractivity contribution in [3.63, 3.8) is 0 Å². The van der Waals surface area contributed by atoms with Crippen LogP contribution in [-0.2, 0) is 28.5 Å². The van der Waals surface area contributed by atoms with Gasteiger partial charge in [-0.25, -0.2) is 4.79 Å². The minimum Gasteiger partial charge on any atom is -0.471 e. The highest BCUT2D eigenvalue weighted by atomic mass is 16.7. The molecule has 0 aromatic rings. The van der Waals surface area contributed by atoms with Gasteiger partial charge in [-0.1, -0.05) is 19.9 Å². The number of ether oxygens (including phenoxy) is 5. The van der Waals surface area contributed by atoms with Crippen molar-refractivity contribution in [2.45, 2.75) is 39.8 Å². The van der Waals surface area contributed by atoms with E-state index in [0.29, 0.717) is 31.8 Å². The summed E-state index contributed by atoms with van der Waals surface area (Å²) in [7, 11) is 1.36. The molecule has 0 spiro atoms. The lowest BCUT2D eigenvalue weighted by molar-refractivity contribution is -0.232. The normalized spacial score (nSPS) is 30.2. The van der Waals surface area contributed by atoms with Crippen LogP contribution in [0.25, 0.3) is 0 Å². The van der Waals surface area contributed by atoms with Gasteiger partial charge >= 0.3 is 5.97 Å². The molecule has 0 amide bonds. The quantitative estimate of drug-likeness (QED) is 0.547. The standard InChI is InChI=1S/C18H28O6/c1-6-12-13(8-15-23-10-18(3,4)11-24-15)14(16(19)20-5)9-22-17(12)21-7-2/h6,9,12-13,15,17H,1,7-8,10-11H2,2-5H3/t12-,13+,17-/m1/s1. The molecule has 6 nitrogen and oxygen atoms in total. The van der Waals surface area contributed by atoms with Gasteiger partial charge in [-0.15, -0.1) is 6.58 Å². The molecule has 1 saturated heterocycles. The molecule has 1 fully saturated rings. The molecule has 0 aromatic heterocycles. The Morgan fingerprint density at radius 1 is 1.42 bits per heavy atom. The molecule has 6 heteroatoms. The molecule has 24 heavy (non-hydrogen) atoms. The second-order valence-corrected chi connectivity index (χ2v) is 6.90. The Morgan fingerprint density at radius 2 is 2.08 bits per heavy atom. The molecule has 2 aliphatic rings. The summed E-state index contributed by atoms with van der Waals surface area (Å²) in [6, 6.07) is 0. The molecule has 3 atom stereocenters. The molecule has 0 aromatic carbocycles. The lowest BCUT2D eigenvalue weighted by atomic mass is 9.81. The maximum atomic E-state index is 12.1. The van der Waals surface area contributed by atoms with Crippen LogP contribution in [0.5, 0.6) is 0 Å². The third-order valence-corrected chi connectivity index (χ3v) is 4.30. The van der Waals surface area contributed by atoms with Crippen molar-refractivity contribution in [1.29, 1.82) is 0 Å². The molecule has 136 valence electrons. The molecule has 0 unspecified atom stereocenters. The second kappa shape index (κ2) is 8.14. The monoisotopic (exact) mass is 340 g/mol. The summed E-state index contributed by atoms with van der Waals surface area (Å²) in [6.07, 6.45) is 2.85. The fourth-order valence-electron chi connectivity index (χ4n) is 2.98. The smallest absolute Gasteiger partial charge is 0.337 e. The van der Waals surface area contributed by atoms with E-state index in [1.54, 1.807) is 6.08 Å². The van der Waals surface area contributed by atoms with Gasteiger partial charge in [0.2, 0.25) is 6.29 Å². The molecule has 2 rings (SSSR count). The molecule has 0 aliphatic carbocycles. The largest absolute Gasteiger partial charge is 0.471 e. The lowest BCUT2D eigenvalue weighted by Crippen LogP contribution is -2.43. The molecule has 0 bridgehead atoms. The van der Waals surface area contributed by atoms with E-state index in [0.717, 1.165) is 0 Å². The van der Waals surface area contributed by atoms with E-state index in [4.69, 9.17) is 23.7 Å². The van der Waals surface area contributed by atoms with Crippen LogP contribution in [0.3, 0.4) is 0 Å². The van der Waals surface area contributed by atoms with Crippen LogP contribution in [0.4, 0.5) is 0 Å². The van der Waals surface area contributed by atoms with E-state index in [2.05, 4.69) is 20.4 Å². The molecular formula is C18H28O6. The van der Waals surface area contributed by atoms with Crippen LogP contribution in [0, 0.1) is 17.3 Å². The number of methoxy groups -OCH3 is 1. The third-order valence-electron chi connectivity index (χ3n) is 4.30. The second-order valence-electron chi connectivity index (χ2n) is 6.90. The van der Waals surface area contributed by atoms with E-state index in [1.165, 1.54) is 13.4 Å². The number of hydrogen-bond donors (Lipinski definition) is 0. The van der Waals surface area contributed by atoms with E-state index in [-0.39, 0.29) is 23.5 Å². The summed E-state index contributed by atoms with van der Waals surface area (Å²) < 4.78 is 27.7. The Morgan fingerprint density at radius 3 is 2.62 bits per heavy atom. The van der Waals surface area contributed by atoms with Gasteiger partial charge in [0, 0.05) is 30.3 Å². The van der Waals surface area contributed by atoms with Crippen molar-refractivity contribution in [3.8, 4) is 0 Å². The number of rotatable bonds is 6. The highest BCUT2D eigenvalue weighted by Gasteiger charge is 2.41.